The molecule has 9 heteroatoms. The van der Waals surface area contributed by atoms with Crippen LogP contribution in [0.1, 0.15) is 146 Å². The number of rotatable bonds is 8. The molecule has 0 aliphatic heterocycles. The second-order valence-corrected chi connectivity index (χ2v) is 14.6. The highest BCUT2D eigenvalue weighted by atomic mass is 17.3. The Labute approximate surface area is 230 Å². The lowest BCUT2D eigenvalue weighted by molar-refractivity contribution is -0.551. The minimum Gasteiger partial charge on any atom is -0.363 e. The van der Waals surface area contributed by atoms with E-state index in [-0.39, 0.29) is 16.6 Å². The van der Waals surface area contributed by atoms with Crippen molar-refractivity contribution < 1.29 is 44.6 Å². The van der Waals surface area contributed by atoms with Crippen LogP contribution in [0.2, 0.25) is 0 Å². The van der Waals surface area contributed by atoms with Gasteiger partial charge in [0.2, 0.25) is 11.6 Å². The van der Waals surface area contributed by atoms with Gasteiger partial charge in [-0.2, -0.15) is 19.6 Å². The second-order valence-electron chi connectivity index (χ2n) is 14.6. The number of aliphatic hydroxyl groups is 1. The van der Waals surface area contributed by atoms with E-state index in [0.717, 1.165) is 57.8 Å². The molecule has 226 valence electrons. The van der Waals surface area contributed by atoms with E-state index in [9.17, 15) is 5.11 Å². The van der Waals surface area contributed by atoms with Crippen molar-refractivity contribution >= 4 is 0 Å². The summed E-state index contributed by atoms with van der Waals surface area (Å²) in [6.45, 7) is 18.5. The van der Waals surface area contributed by atoms with Crippen LogP contribution in [0.15, 0.2) is 0 Å². The molecular formula is C29H56O9. The summed E-state index contributed by atoms with van der Waals surface area (Å²) < 4.78 is 0. The van der Waals surface area contributed by atoms with E-state index in [1.807, 2.05) is 41.5 Å². The third-order valence-corrected chi connectivity index (χ3v) is 6.96. The first kappa shape index (κ1) is 33.8. The van der Waals surface area contributed by atoms with Gasteiger partial charge in [-0.15, -0.1) is 0 Å². The lowest BCUT2D eigenvalue weighted by atomic mass is 9.70. The maximum Gasteiger partial charge on any atom is 0.234 e. The van der Waals surface area contributed by atoms with Crippen molar-refractivity contribution in [3.8, 4) is 0 Å². The third-order valence-electron chi connectivity index (χ3n) is 6.96. The molecule has 9 nitrogen and oxygen atoms in total. The van der Waals surface area contributed by atoms with E-state index in [2.05, 4.69) is 25.7 Å². The zero-order valence-corrected chi connectivity index (χ0v) is 25.5. The van der Waals surface area contributed by atoms with Gasteiger partial charge in [0.25, 0.3) is 0 Å². The molecule has 2 N–H and O–H groups in total. The average molecular weight is 549 g/mol. The van der Waals surface area contributed by atoms with E-state index < -0.39 is 17.4 Å². The Hall–Kier alpha value is -0.360. The van der Waals surface area contributed by atoms with E-state index in [1.165, 1.54) is 0 Å². The molecule has 0 amide bonds. The standard InChI is InChI=1S/C17H34O4.C12H22O5/c1-13-10-16(8,9)12-17(11-13,20-18-14(2,3)4)21-19-15(5,6)7;13-11(7-3-1-4-8-11)16-17-12(15-14)9-5-2-6-10-12/h13H,10-12H2,1-9H3;13-14H,1-10H2. The zero-order valence-electron chi connectivity index (χ0n) is 25.5. The zero-order chi connectivity index (χ0) is 28.7. The van der Waals surface area contributed by atoms with Gasteiger partial charge in [-0.1, -0.05) is 33.6 Å². The SMILES string of the molecule is CC1CC(C)(C)CC(OOC(C)(C)C)(OOC(C)(C)C)C1.OOC1(OOC2(O)CCCCC2)CCCCC1. The number of hydrogen-bond acceptors (Lipinski definition) is 9. The van der Waals surface area contributed by atoms with Gasteiger partial charge >= 0.3 is 0 Å². The largest absolute Gasteiger partial charge is 0.363 e. The van der Waals surface area contributed by atoms with E-state index >= 15 is 0 Å². The molecule has 3 fully saturated rings. The van der Waals surface area contributed by atoms with Crippen LogP contribution in [0, 0.1) is 11.3 Å². The Morgan fingerprint density at radius 3 is 1.53 bits per heavy atom. The summed E-state index contributed by atoms with van der Waals surface area (Å²) in [7, 11) is 0. The smallest absolute Gasteiger partial charge is 0.234 e. The van der Waals surface area contributed by atoms with Crippen LogP contribution in [-0.4, -0.2) is 38.9 Å². The quantitative estimate of drug-likeness (QED) is 0.179. The average Bonchev–Trinajstić information content (AvgIpc) is 2.80. The summed E-state index contributed by atoms with van der Waals surface area (Å²) >= 11 is 0. The number of hydrogen-bond donors (Lipinski definition) is 2. The Balaban J connectivity index is 0.000000272. The van der Waals surface area contributed by atoms with Gasteiger partial charge in [0.05, 0.1) is 11.2 Å². The molecule has 1 unspecified atom stereocenters. The summed E-state index contributed by atoms with van der Waals surface area (Å²) in [6, 6.07) is 0. The first-order chi connectivity index (χ1) is 17.4. The van der Waals surface area contributed by atoms with Crippen molar-refractivity contribution in [1.29, 1.82) is 0 Å². The van der Waals surface area contributed by atoms with Gasteiger partial charge in [0.1, 0.15) is 0 Å². The van der Waals surface area contributed by atoms with Crippen molar-refractivity contribution in [1.82, 2.24) is 0 Å². The van der Waals surface area contributed by atoms with Crippen LogP contribution in [0.3, 0.4) is 0 Å². The highest BCUT2D eigenvalue weighted by Gasteiger charge is 2.48. The predicted molar refractivity (Wildman–Crippen MR) is 143 cm³/mol. The van der Waals surface area contributed by atoms with Crippen LogP contribution >= 0.6 is 0 Å². The van der Waals surface area contributed by atoms with Gasteiger partial charge in [0.15, 0.2) is 5.79 Å². The van der Waals surface area contributed by atoms with E-state index in [1.54, 1.807) is 0 Å². The molecule has 0 saturated heterocycles. The van der Waals surface area contributed by atoms with Crippen molar-refractivity contribution in [2.45, 2.75) is 174 Å². The van der Waals surface area contributed by atoms with Crippen molar-refractivity contribution in [2.24, 2.45) is 11.3 Å². The normalized spacial score (nSPS) is 26.8. The summed E-state index contributed by atoms with van der Waals surface area (Å²) in [5, 5.41) is 19.1. The van der Waals surface area contributed by atoms with E-state index in [4.69, 9.17) is 34.6 Å². The molecule has 0 aromatic heterocycles. The minimum absolute atomic E-state index is 0.125. The highest BCUT2D eigenvalue weighted by Crippen LogP contribution is 2.47. The molecule has 0 bridgehead atoms. The lowest BCUT2D eigenvalue weighted by Crippen LogP contribution is -2.48. The molecule has 3 saturated carbocycles. The van der Waals surface area contributed by atoms with E-state index in [0.29, 0.717) is 31.6 Å². The first-order valence-corrected chi connectivity index (χ1v) is 14.6. The molecule has 0 spiro atoms. The fourth-order valence-corrected chi connectivity index (χ4v) is 5.58. The molecule has 3 rings (SSSR count). The Morgan fingerprint density at radius 1 is 0.632 bits per heavy atom. The fraction of sp³-hybridized carbons (Fsp3) is 1.00. The maximum atomic E-state index is 10.1. The fourth-order valence-electron chi connectivity index (χ4n) is 5.58. The molecular weight excluding hydrogens is 492 g/mol. The van der Waals surface area contributed by atoms with Crippen molar-refractivity contribution in [2.75, 3.05) is 0 Å². The Morgan fingerprint density at radius 2 is 1.11 bits per heavy atom. The molecule has 3 aliphatic carbocycles. The van der Waals surface area contributed by atoms with Gasteiger partial charge in [-0.25, -0.2) is 19.9 Å². The van der Waals surface area contributed by atoms with Crippen LogP contribution in [0.25, 0.3) is 0 Å². The van der Waals surface area contributed by atoms with Crippen molar-refractivity contribution in [3.63, 3.8) is 0 Å². The predicted octanol–water partition coefficient (Wildman–Crippen LogP) is 7.76. The molecule has 0 aromatic carbocycles. The van der Waals surface area contributed by atoms with Crippen LogP contribution in [0.5, 0.6) is 0 Å². The Bertz CT molecular complexity index is 665. The monoisotopic (exact) mass is 548 g/mol. The summed E-state index contributed by atoms with van der Waals surface area (Å²) in [5.41, 5.74) is -0.647. The van der Waals surface area contributed by atoms with Gasteiger partial charge < -0.3 is 5.11 Å². The summed E-state index contributed by atoms with van der Waals surface area (Å²) in [6.07, 6.45) is 11.0. The maximum absolute atomic E-state index is 10.1. The van der Waals surface area contributed by atoms with Crippen molar-refractivity contribution in [3.05, 3.63) is 0 Å². The van der Waals surface area contributed by atoms with Crippen LogP contribution in [0.4, 0.5) is 0 Å². The van der Waals surface area contributed by atoms with Crippen LogP contribution in [-0.2, 0) is 34.2 Å². The molecule has 0 heterocycles. The highest BCUT2D eigenvalue weighted by molar-refractivity contribution is 4.88. The summed E-state index contributed by atoms with van der Waals surface area (Å²) in [5.74, 6) is -2.64. The molecule has 38 heavy (non-hydrogen) atoms. The first-order valence-electron chi connectivity index (χ1n) is 14.6. The lowest BCUT2D eigenvalue weighted by Gasteiger charge is -2.46. The minimum atomic E-state index is -1.21. The molecule has 0 aromatic rings. The van der Waals surface area contributed by atoms with Gasteiger partial charge in [-0.05, 0) is 85.0 Å². The van der Waals surface area contributed by atoms with Gasteiger partial charge in [-0.3, -0.25) is 0 Å². The molecule has 1 atom stereocenters. The Kier molecular flexibility index (Phi) is 12.1. The molecule has 3 aliphatic rings. The summed E-state index contributed by atoms with van der Waals surface area (Å²) in [4.78, 5) is 37.6. The van der Waals surface area contributed by atoms with Crippen LogP contribution < -0.4 is 0 Å². The third kappa shape index (κ3) is 12.0. The topological polar surface area (TPSA) is 105 Å². The second kappa shape index (κ2) is 13.5. The van der Waals surface area contributed by atoms with Gasteiger partial charge in [0, 0.05) is 38.5 Å². The molecule has 0 radical (unpaired) electrons.